The summed E-state index contributed by atoms with van der Waals surface area (Å²) >= 11 is 0. The fraction of sp³-hybridized carbons (Fsp3) is 0.571. The highest BCUT2D eigenvalue weighted by atomic mass is 16.5. The van der Waals surface area contributed by atoms with E-state index in [0.717, 1.165) is 32.4 Å². The van der Waals surface area contributed by atoms with E-state index in [1.807, 2.05) is 18.2 Å². The van der Waals surface area contributed by atoms with Crippen LogP contribution in [0.4, 0.5) is 0 Å². The lowest BCUT2D eigenvalue weighted by molar-refractivity contribution is -0.135. The maximum atomic E-state index is 12.5. The van der Waals surface area contributed by atoms with E-state index in [-0.39, 0.29) is 0 Å². The summed E-state index contributed by atoms with van der Waals surface area (Å²) in [7, 11) is 0. The molecule has 0 radical (unpaired) electrons. The van der Waals surface area contributed by atoms with Gasteiger partial charge in [-0.2, -0.15) is 0 Å². The molecule has 0 aromatic heterocycles. The van der Waals surface area contributed by atoms with Gasteiger partial charge in [0.25, 0.3) is 0 Å². The van der Waals surface area contributed by atoms with E-state index in [1.165, 1.54) is 24.8 Å². The number of allylic oxidation sites excluding steroid dienone is 2. The molecule has 1 saturated heterocycles. The number of likely N-dealkylation sites (tertiary alicyclic amines) is 1. The lowest BCUT2D eigenvalue weighted by atomic mass is 9.71. The van der Waals surface area contributed by atoms with Gasteiger partial charge in [-0.05, 0) is 49.5 Å². The minimum Gasteiger partial charge on any atom is -0.377 e. The van der Waals surface area contributed by atoms with Gasteiger partial charge in [-0.15, -0.1) is 0 Å². The molecular formula is C21H29NO2. The van der Waals surface area contributed by atoms with Crippen LogP contribution in [-0.4, -0.2) is 30.5 Å². The van der Waals surface area contributed by atoms with Crippen LogP contribution >= 0.6 is 0 Å². The van der Waals surface area contributed by atoms with Gasteiger partial charge in [-0.1, -0.05) is 42.5 Å². The molecule has 1 aromatic rings. The Hall–Kier alpha value is -1.61. The number of carbonyl (C=O) groups excluding carboxylic acids is 1. The first-order valence-electron chi connectivity index (χ1n) is 9.32. The largest absolute Gasteiger partial charge is 0.377 e. The summed E-state index contributed by atoms with van der Waals surface area (Å²) in [5.74, 6) is 0.312. The van der Waals surface area contributed by atoms with Crippen molar-refractivity contribution < 1.29 is 9.53 Å². The van der Waals surface area contributed by atoms with Gasteiger partial charge in [0.15, 0.2) is 0 Å². The molecule has 3 nitrogen and oxygen atoms in total. The zero-order chi connectivity index (χ0) is 16.7. The van der Waals surface area contributed by atoms with Crippen molar-refractivity contribution in [3.8, 4) is 0 Å². The molecule has 0 N–H and O–H groups in total. The van der Waals surface area contributed by atoms with Gasteiger partial charge in [0, 0.05) is 26.1 Å². The Kier molecular flexibility index (Phi) is 6.08. The Labute approximate surface area is 145 Å². The quantitative estimate of drug-likeness (QED) is 0.575. The molecule has 1 fully saturated rings. The standard InChI is InChI=1S/C21H29NO2/c23-20(11-7-16-24-17-19-9-3-1-4-10-19)22-15-8-14-21(18-22)12-5-2-6-13-21/h1-5,9-10H,6-8,11-18H2. The van der Waals surface area contributed by atoms with E-state index >= 15 is 0 Å². The average molecular weight is 327 g/mol. The van der Waals surface area contributed by atoms with Gasteiger partial charge in [-0.25, -0.2) is 0 Å². The van der Waals surface area contributed by atoms with Crippen molar-refractivity contribution >= 4 is 5.91 Å². The number of piperidine rings is 1. The Bertz CT molecular complexity index is 554. The Morgan fingerprint density at radius 1 is 1.17 bits per heavy atom. The summed E-state index contributed by atoms with van der Waals surface area (Å²) in [4.78, 5) is 14.6. The molecule has 1 aromatic carbocycles. The molecule has 1 heterocycles. The molecule has 1 unspecified atom stereocenters. The van der Waals surface area contributed by atoms with Crippen LogP contribution < -0.4 is 0 Å². The first-order valence-corrected chi connectivity index (χ1v) is 9.32. The van der Waals surface area contributed by atoms with Crippen molar-refractivity contribution in [2.24, 2.45) is 5.41 Å². The molecule has 1 amide bonds. The van der Waals surface area contributed by atoms with Crippen molar-refractivity contribution in [2.45, 2.75) is 51.6 Å². The van der Waals surface area contributed by atoms with Gasteiger partial charge < -0.3 is 9.64 Å². The third kappa shape index (κ3) is 4.70. The number of amides is 1. The van der Waals surface area contributed by atoms with E-state index < -0.39 is 0 Å². The van der Waals surface area contributed by atoms with Crippen LogP contribution in [0.1, 0.15) is 50.5 Å². The Balaban J connectivity index is 1.36. The van der Waals surface area contributed by atoms with Gasteiger partial charge >= 0.3 is 0 Å². The molecule has 1 atom stereocenters. The van der Waals surface area contributed by atoms with E-state index in [4.69, 9.17) is 4.74 Å². The normalized spacial score (nSPS) is 23.6. The number of carbonyl (C=O) groups is 1. The molecule has 0 bridgehead atoms. The molecule has 1 spiro atoms. The first kappa shape index (κ1) is 17.2. The Morgan fingerprint density at radius 3 is 2.83 bits per heavy atom. The average Bonchev–Trinajstić information content (AvgIpc) is 2.63. The number of hydrogen-bond donors (Lipinski definition) is 0. The second-order valence-corrected chi connectivity index (χ2v) is 7.27. The van der Waals surface area contributed by atoms with Crippen LogP contribution in [0.25, 0.3) is 0 Å². The van der Waals surface area contributed by atoms with Gasteiger partial charge in [0.1, 0.15) is 0 Å². The number of nitrogens with zero attached hydrogens (tertiary/aromatic N) is 1. The smallest absolute Gasteiger partial charge is 0.222 e. The zero-order valence-electron chi connectivity index (χ0n) is 14.6. The molecule has 2 aliphatic rings. The predicted molar refractivity (Wildman–Crippen MR) is 96.6 cm³/mol. The summed E-state index contributed by atoms with van der Waals surface area (Å²) < 4.78 is 5.69. The van der Waals surface area contributed by atoms with Crippen LogP contribution in [-0.2, 0) is 16.1 Å². The third-order valence-corrected chi connectivity index (χ3v) is 5.36. The highest BCUT2D eigenvalue weighted by molar-refractivity contribution is 5.76. The van der Waals surface area contributed by atoms with Crippen molar-refractivity contribution in [2.75, 3.05) is 19.7 Å². The van der Waals surface area contributed by atoms with Crippen molar-refractivity contribution in [1.82, 2.24) is 4.90 Å². The number of rotatable bonds is 6. The number of benzene rings is 1. The predicted octanol–water partition coefficient (Wildman–Crippen LogP) is 4.33. The first-order chi connectivity index (χ1) is 11.8. The number of ether oxygens (including phenoxy) is 1. The lowest BCUT2D eigenvalue weighted by Gasteiger charge is -2.44. The van der Waals surface area contributed by atoms with Crippen LogP contribution in [0, 0.1) is 5.41 Å². The van der Waals surface area contributed by atoms with Crippen LogP contribution in [0.3, 0.4) is 0 Å². The van der Waals surface area contributed by atoms with Gasteiger partial charge in [0.2, 0.25) is 5.91 Å². The highest BCUT2D eigenvalue weighted by Gasteiger charge is 2.36. The molecule has 130 valence electrons. The molecule has 24 heavy (non-hydrogen) atoms. The van der Waals surface area contributed by atoms with Crippen LogP contribution in [0.2, 0.25) is 0 Å². The van der Waals surface area contributed by atoms with E-state index in [0.29, 0.717) is 31.0 Å². The zero-order valence-corrected chi connectivity index (χ0v) is 14.6. The summed E-state index contributed by atoms with van der Waals surface area (Å²) in [6.07, 6.45) is 12.0. The SMILES string of the molecule is O=C(CCCOCc1ccccc1)N1CCCC2(CC=CCC2)C1. The van der Waals surface area contributed by atoms with E-state index in [2.05, 4.69) is 29.2 Å². The summed E-state index contributed by atoms with van der Waals surface area (Å²) in [5.41, 5.74) is 1.55. The summed E-state index contributed by atoms with van der Waals surface area (Å²) in [5, 5.41) is 0. The van der Waals surface area contributed by atoms with Crippen molar-refractivity contribution in [3.63, 3.8) is 0 Å². The molecular weight excluding hydrogens is 298 g/mol. The van der Waals surface area contributed by atoms with Crippen LogP contribution in [0.15, 0.2) is 42.5 Å². The monoisotopic (exact) mass is 327 g/mol. The summed E-state index contributed by atoms with van der Waals surface area (Å²) in [6.45, 7) is 3.19. The topological polar surface area (TPSA) is 29.5 Å². The van der Waals surface area contributed by atoms with E-state index in [9.17, 15) is 4.79 Å². The molecule has 1 aliphatic heterocycles. The number of hydrogen-bond acceptors (Lipinski definition) is 2. The maximum Gasteiger partial charge on any atom is 0.222 e. The minimum absolute atomic E-state index is 0.312. The fourth-order valence-electron chi connectivity index (χ4n) is 3.98. The maximum absolute atomic E-state index is 12.5. The van der Waals surface area contributed by atoms with Crippen LogP contribution in [0.5, 0.6) is 0 Å². The minimum atomic E-state index is 0.312. The second kappa shape index (κ2) is 8.48. The second-order valence-electron chi connectivity index (χ2n) is 7.27. The fourth-order valence-corrected chi connectivity index (χ4v) is 3.98. The van der Waals surface area contributed by atoms with Gasteiger partial charge in [0.05, 0.1) is 6.61 Å². The Morgan fingerprint density at radius 2 is 2.04 bits per heavy atom. The third-order valence-electron chi connectivity index (χ3n) is 5.36. The summed E-state index contributed by atoms with van der Waals surface area (Å²) in [6, 6.07) is 10.2. The molecule has 3 heteroatoms. The van der Waals surface area contributed by atoms with E-state index in [1.54, 1.807) is 0 Å². The van der Waals surface area contributed by atoms with Crippen molar-refractivity contribution in [3.05, 3.63) is 48.0 Å². The van der Waals surface area contributed by atoms with Gasteiger partial charge in [-0.3, -0.25) is 4.79 Å². The molecule has 1 aliphatic carbocycles. The molecule has 3 rings (SSSR count). The highest BCUT2D eigenvalue weighted by Crippen LogP contribution is 2.40. The molecule has 0 saturated carbocycles. The van der Waals surface area contributed by atoms with Crippen molar-refractivity contribution in [1.29, 1.82) is 0 Å². The lowest BCUT2D eigenvalue weighted by Crippen LogP contribution is -2.46.